The lowest BCUT2D eigenvalue weighted by Gasteiger charge is -2.11. The van der Waals surface area contributed by atoms with E-state index >= 15 is 0 Å². The summed E-state index contributed by atoms with van der Waals surface area (Å²) >= 11 is 9.29. The molecule has 5 heteroatoms. The fraction of sp³-hybridized carbons (Fsp3) is 0. The number of nitrogen functional groups attached to an aromatic ring is 1. The molecule has 0 aliphatic rings. The van der Waals surface area contributed by atoms with Gasteiger partial charge in [-0.3, -0.25) is 0 Å². The maximum Gasteiger partial charge on any atom is 0.125 e. The van der Waals surface area contributed by atoms with Gasteiger partial charge in [0.05, 0.1) is 17.1 Å². The molecular formula is C12H9BrClFN2. The van der Waals surface area contributed by atoms with Gasteiger partial charge in [0, 0.05) is 9.50 Å². The van der Waals surface area contributed by atoms with Gasteiger partial charge >= 0.3 is 0 Å². The standard InChI is InChI=1S/C12H9BrClFN2/c13-9-3-1-7(14)5-12(9)17-11-4-2-8(15)6-10(11)16/h1-6,17H,16H2. The smallest absolute Gasteiger partial charge is 0.125 e. The molecule has 88 valence electrons. The predicted molar refractivity (Wildman–Crippen MR) is 73.2 cm³/mol. The number of nitrogens with two attached hydrogens (primary N) is 1. The van der Waals surface area contributed by atoms with Gasteiger partial charge in [-0.25, -0.2) is 4.39 Å². The molecule has 0 aromatic heterocycles. The van der Waals surface area contributed by atoms with Crippen molar-refractivity contribution in [2.24, 2.45) is 0 Å². The van der Waals surface area contributed by atoms with Crippen LogP contribution in [0, 0.1) is 5.82 Å². The number of halogens is 3. The van der Waals surface area contributed by atoms with E-state index in [0.29, 0.717) is 16.4 Å². The molecular weight excluding hydrogens is 307 g/mol. The number of rotatable bonds is 2. The Morgan fingerprint density at radius 3 is 2.59 bits per heavy atom. The highest BCUT2D eigenvalue weighted by atomic mass is 79.9. The van der Waals surface area contributed by atoms with E-state index in [0.717, 1.165) is 10.2 Å². The van der Waals surface area contributed by atoms with Crippen LogP contribution in [-0.2, 0) is 0 Å². The number of hydrogen-bond acceptors (Lipinski definition) is 2. The quantitative estimate of drug-likeness (QED) is 0.797. The third kappa shape index (κ3) is 2.90. The molecule has 0 aliphatic heterocycles. The van der Waals surface area contributed by atoms with Crippen molar-refractivity contribution in [2.45, 2.75) is 0 Å². The molecule has 2 aromatic rings. The number of benzene rings is 2. The Kier molecular flexibility index (Phi) is 3.54. The third-order valence-electron chi connectivity index (χ3n) is 2.21. The molecule has 0 amide bonds. The van der Waals surface area contributed by atoms with E-state index in [2.05, 4.69) is 21.2 Å². The summed E-state index contributed by atoms with van der Waals surface area (Å²) in [6, 6.07) is 9.54. The summed E-state index contributed by atoms with van der Waals surface area (Å²) in [5, 5.41) is 3.69. The van der Waals surface area contributed by atoms with Crippen LogP contribution in [0.2, 0.25) is 5.02 Å². The largest absolute Gasteiger partial charge is 0.397 e. The van der Waals surface area contributed by atoms with Crippen molar-refractivity contribution in [2.75, 3.05) is 11.1 Å². The van der Waals surface area contributed by atoms with Crippen LogP contribution in [0.3, 0.4) is 0 Å². The topological polar surface area (TPSA) is 38.0 Å². The Hall–Kier alpha value is -1.26. The van der Waals surface area contributed by atoms with Crippen molar-refractivity contribution >= 4 is 44.6 Å². The zero-order valence-electron chi connectivity index (χ0n) is 8.68. The van der Waals surface area contributed by atoms with Crippen molar-refractivity contribution in [3.05, 3.63) is 51.7 Å². The zero-order chi connectivity index (χ0) is 12.4. The van der Waals surface area contributed by atoms with Crippen LogP contribution < -0.4 is 11.1 Å². The van der Waals surface area contributed by atoms with Crippen molar-refractivity contribution < 1.29 is 4.39 Å². The predicted octanol–water partition coefficient (Wildman–Crippen LogP) is 4.57. The van der Waals surface area contributed by atoms with Crippen molar-refractivity contribution in [1.82, 2.24) is 0 Å². The van der Waals surface area contributed by atoms with Crippen LogP contribution in [0.1, 0.15) is 0 Å². The summed E-state index contributed by atoms with van der Waals surface area (Å²) in [5.74, 6) is -0.363. The molecule has 0 fully saturated rings. The number of nitrogens with one attached hydrogen (secondary N) is 1. The summed E-state index contributed by atoms with van der Waals surface area (Å²) in [7, 11) is 0. The van der Waals surface area contributed by atoms with E-state index in [1.165, 1.54) is 12.1 Å². The molecule has 0 bridgehead atoms. The van der Waals surface area contributed by atoms with Gasteiger partial charge in [0.15, 0.2) is 0 Å². The Bertz CT molecular complexity index is 560. The molecule has 2 aromatic carbocycles. The number of hydrogen-bond donors (Lipinski definition) is 2. The molecule has 0 radical (unpaired) electrons. The zero-order valence-corrected chi connectivity index (χ0v) is 11.0. The molecule has 0 unspecified atom stereocenters. The summed E-state index contributed by atoms with van der Waals surface area (Å²) < 4.78 is 13.7. The first kappa shape index (κ1) is 12.2. The summed E-state index contributed by atoms with van der Waals surface area (Å²) in [6.07, 6.45) is 0. The molecule has 0 saturated heterocycles. The van der Waals surface area contributed by atoms with Gasteiger partial charge in [-0.1, -0.05) is 11.6 Å². The minimum atomic E-state index is -0.363. The fourth-order valence-electron chi connectivity index (χ4n) is 1.39. The van der Waals surface area contributed by atoms with E-state index < -0.39 is 0 Å². The van der Waals surface area contributed by atoms with E-state index in [9.17, 15) is 4.39 Å². The van der Waals surface area contributed by atoms with E-state index in [-0.39, 0.29) is 5.82 Å². The minimum absolute atomic E-state index is 0.344. The van der Waals surface area contributed by atoms with E-state index in [4.69, 9.17) is 17.3 Å². The fourth-order valence-corrected chi connectivity index (χ4v) is 1.90. The van der Waals surface area contributed by atoms with Crippen LogP contribution in [0.5, 0.6) is 0 Å². The van der Waals surface area contributed by atoms with Crippen LogP contribution in [0.15, 0.2) is 40.9 Å². The number of anilines is 3. The normalized spacial score (nSPS) is 10.3. The average molecular weight is 316 g/mol. The summed E-state index contributed by atoms with van der Waals surface area (Å²) in [5.41, 5.74) is 7.46. The first-order chi connectivity index (χ1) is 8.06. The second-order valence-corrected chi connectivity index (χ2v) is 4.77. The van der Waals surface area contributed by atoms with E-state index in [1.807, 2.05) is 6.07 Å². The average Bonchev–Trinajstić information content (AvgIpc) is 2.27. The van der Waals surface area contributed by atoms with Gasteiger partial charge in [0.2, 0.25) is 0 Å². The lowest BCUT2D eigenvalue weighted by molar-refractivity contribution is 0.628. The second kappa shape index (κ2) is 4.94. The summed E-state index contributed by atoms with van der Waals surface area (Å²) in [6.45, 7) is 0. The third-order valence-corrected chi connectivity index (χ3v) is 3.14. The molecule has 17 heavy (non-hydrogen) atoms. The molecule has 0 aliphatic carbocycles. The van der Waals surface area contributed by atoms with Gasteiger partial charge in [-0.05, 0) is 52.3 Å². The van der Waals surface area contributed by atoms with Gasteiger partial charge in [0.25, 0.3) is 0 Å². The lowest BCUT2D eigenvalue weighted by atomic mass is 10.2. The Morgan fingerprint density at radius 1 is 1.12 bits per heavy atom. The Balaban J connectivity index is 2.34. The van der Waals surface area contributed by atoms with E-state index in [1.54, 1.807) is 18.2 Å². The molecule has 0 saturated carbocycles. The van der Waals surface area contributed by atoms with Crippen LogP contribution in [-0.4, -0.2) is 0 Å². The molecule has 0 atom stereocenters. The van der Waals surface area contributed by atoms with Gasteiger partial charge in [0.1, 0.15) is 5.82 Å². The first-order valence-corrected chi connectivity index (χ1v) is 6.00. The molecule has 0 spiro atoms. The van der Waals surface area contributed by atoms with Crippen molar-refractivity contribution in [3.8, 4) is 0 Å². The van der Waals surface area contributed by atoms with Gasteiger partial charge < -0.3 is 11.1 Å². The maximum atomic E-state index is 12.9. The van der Waals surface area contributed by atoms with Crippen LogP contribution in [0.4, 0.5) is 21.5 Å². The van der Waals surface area contributed by atoms with Crippen LogP contribution >= 0.6 is 27.5 Å². The van der Waals surface area contributed by atoms with Crippen LogP contribution in [0.25, 0.3) is 0 Å². The molecule has 3 N–H and O–H groups in total. The minimum Gasteiger partial charge on any atom is -0.397 e. The lowest BCUT2D eigenvalue weighted by Crippen LogP contribution is -1.97. The molecule has 2 nitrogen and oxygen atoms in total. The Labute approximate surface area is 112 Å². The highest BCUT2D eigenvalue weighted by Crippen LogP contribution is 2.31. The van der Waals surface area contributed by atoms with Gasteiger partial charge in [-0.2, -0.15) is 0 Å². The highest BCUT2D eigenvalue weighted by molar-refractivity contribution is 9.10. The van der Waals surface area contributed by atoms with Crippen molar-refractivity contribution in [1.29, 1.82) is 0 Å². The Morgan fingerprint density at radius 2 is 1.88 bits per heavy atom. The molecule has 0 heterocycles. The maximum absolute atomic E-state index is 12.9. The summed E-state index contributed by atoms with van der Waals surface area (Å²) in [4.78, 5) is 0. The SMILES string of the molecule is Nc1cc(F)ccc1Nc1cc(Cl)ccc1Br. The monoisotopic (exact) mass is 314 g/mol. The first-order valence-electron chi connectivity index (χ1n) is 4.83. The molecule has 2 rings (SSSR count). The van der Waals surface area contributed by atoms with Crippen molar-refractivity contribution in [3.63, 3.8) is 0 Å². The second-order valence-electron chi connectivity index (χ2n) is 3.48. The highest BCUT2D eigenvalue weighted by Gasteiger charge is 2.04. The van der Waals surface area contributed by atoms with Gasteiger partial charge in [-0.15, -0.1) is 0 Å².